The molecule has 2 unspecified atom stereocenters. The van der Waals surface area contributed by atoms with Crippen molar-refractivity contribution >= 4 is 15.9 Å². The molecule has 3 aliphatic rings. The lowest BCUT2D eigenvalue weighted by Crippen LogP contribution is -2.62. The van der Waals surface area contributed by atoms with Crippen LogP contribution in [0.1, 0.15) is 52.9 Å². The molecule has 0 spiro atoms. The largest absolute Gasteiger partial charge is 0.427 e. The molecule has 2 saturated heterocycles. The molecule has 2 heterocycles. The van der Waals surface area contributed by atoms with Crippen molar-refractivity contribution in [3.05, 3.63) is 0 Å². The number of ether oxygens (including phenoxy) is 2. The van der Waals surface area contributed by atoms with Gasteiger partial charge in [0.1, 0.15) is 0 Å². The van der Waals surface area contributed by atoms with E-state index in [4.69, 9.17) is 9.47 Å². The molecule has 0 aromatic carbocycles. The van der Waals surface area contributed by atoms with Gasteiger partial charge >= 0.3 is 6.18 Å². The Hall–Kier alpha value is 0.190. The summed E-state index contributed by atoms with van der Waals surface area (Å²) in [5, 5.41) is 0. The third-order valence-corrected chi connectivity index (χ3v) is 7.87. The quantitative estimate of drug-likeness (QED) is 0.501. The zero-order chi connectivity index (χ0) is 17.0. The van der Waals surface area contributed by atoms with Gasteiger partial charge in [0.05, 0.1) is 6.10 Å². The van der Waals surface area contributed by atoms with E-state index >= 15 is 0 Å². The average Bonchev–Trinajstić information content (AvgIpc) is 2.47. The van der Waals surface area contributed by atoms with Crippen molar-refractivity contribution in [1.29, 1.82) is 0 Å². The van der Waals surface area contributed by atoms with E-state index in [1.165, 1.54) is 0 Å². The first-order valence-electron chi connectivity index (χ1n) is 8.74. The Kier molecular flexibility index (Phi) is 4.83. The summed E-state index contributed by atoms with van der Waals surface area (Å²) in [5.74, 6) is 0.231. The lowest BCUT2D eigenvalue weighted by molar-refractivity contribution is -0.359. The molecule has 8 atom stereocenters. The van der Waals surface area contributed by atoms with Crippen molar-refractivity contribution in [2.75, 3.05) is 0 Å². The Morgan fingerprint density at radius 2 is 1.74 bits per heavy atom. The van der Waals surface area contributed by atoms with Crippen LogP contribution in [0.4, 0.5) is 13.2 Å². The van der Waals surface area contributed by atoms with E-state index in [1.807, 2.05) is 6.92 Å². The average molecular weight is 399 g/mol. The van der Waals surface area contributed by atoms with Gasteiger partial charge in [0.2, 0.25) is 4.51 Å². The summed E-state index contributed by atoms with van der Waals surface area (Å²) in [6.45, 7) is 5.74. The molecule has 3 rings (SSSR count). The van der Waals surface area contributed by atoms with Gasteiger partial charge in [-0.2, -0.15) is 13.2 Å². The fourth-order valence-electron chi connectivity index (χ4n) is 4.83. The zero-order valence-corrected chi connectivity index (χ0v) is 15.5. The van der Waals surface area contributed by atoms with E-state index in [0.29, 0.717) is 11.8 Å². The van der Waals surface area contributed by atoms with E-state index < -0.39 is 22.9 Å². The molecular formula is C17H26BrF3O2. The highest BCUT2D eigenvalue weighted by Gasteiger charge is 2.66. The fourth-order valence-corrected chi connectivity index (χ4v) is 5.35. The lowest BCUT2D eigenvalue weighted by atomic mass is 9.62. The van der Waals surface area contributed by atoms with E-state index in [1.54, 1.807) is 6.92 Å². The van der Waals surface area contributed by atoms with Crippen LogP contribution in [0.15, 0.2) is 0 Å². The predicted octanol–water partition coefficient (Wildman–Crippen LogP) is 5.50. The summed E-state index contributed by atoms with van der Waals surface area (Å²) < 4.78 is 50.4. The predicted molar refractivity (Wildman–Crippen MR) is 85.0 cm³/mol. The third-order valence-electron chi connectivity index (χ3n) is 6.51. The van der Waals surface area contributed by atoms with Crippen molar-refractivity contribution in [2.45, 2.75) is 76.0 Å². The standard InChI is InChI=1S/C17H26BrF3O2/c1-9-7-8-12-5-4-6-13-10(2)16(18,17(19,20)21)23-15(14(12)13)22-11(9)3/h9-15H,4-8H2,1-3H3/t9-,10-,11+,12?,13+,14?,15+,16-/m1/s1. The number of rotatable bonds is 0. The maximum atomic E-state index is 13.7. The number of halogens is 4. The van der Waals surface area contributed by atoms with Crippen LogP contribution in [0.2, 0.25) is 0 Å². The molecule has 0 aromatic heterocycles. The fraction of sp³-hybridized carbons (Fsp3) is 1.00. The molecule has 0 N–H and O–H groups in total. The van der Waals surface area contributed by atoms with Crippen LogP contribution in [0, 0.1) is 29.6 Å². The second-order valence-electron chi connectivity index (χ2n) is 7.75. The van der Waals surface area contributed by atoms with Crippen LogP contribution in [-0.4, -0.2) is 23.1 Å². The van der Waals surface area contributed by atoms with Crippen LogP contribution in [0.5, 0.6) is 0 Å². The van der Waals surface area contributed by atoms with Gasteiger partial charge in [0, 0.05) is 11.8 Å². The number of hydrogen-bond acceptors (Lipinski definition) is 2. The molecule has 0 radical (unpaired) electrons. The Balaban J connectivity index is 1.96. The van der Waals surface area contributed by atoms with Gasteiger partial charge in [-0.3, -0.25) is 0 Å². The zero-order valence-electron chi connectivity index (χ0n) is 13.9. The second kappa shape index (κ2) is 6.17. The van der Waals surface area contributed by atoms with Gasteiger partial charge in [0.15, 0.2) is 6.29 Å². The minimum Gasteiger partial charge on any atom is -0.349 e. The molecule has 134 valence electrons. The molecule has 1 saturated carbocycles. The summed E-state index contributed by atoms with van der Waals surface area (Å²) in [6.07, 6.45) is -0.224. The van der Waals surface area contributed by atoms with E-state index in [2.05, 4.69) is 22.9 Å². The molecule has 1 aliphatic carbocycles. The molecule has 2 nitrogen and oxygen atoms in total. The molecule has 0 aromatic rings. The Morgan fingerprint density at radius 1 is 1.04 bits per heavy atom. The number of alkyl halides is 4. The van der Waals surface area contributed by atoms with Crippen LogP contribution in [0.3, 0.4) is 0 Å². The first kappa shape index (κ1) is 18.0. The van der Waals surface area contributed by atoms with Crippen LogP contribution in [0.25, 0.3) is 0 Å². The second-order valence-corrected chi connectivity index (χ2v) is 8.92. The summed E-state index contributed by atoms with van der Waals surface area (Å²) in [4.78, 5) is 0. The smallest absolute Gasteiger partial charge is 0.349 e. The highest BCUT2D eigenvalue weighted by molar-refractivity contribution is 9.10. The van der Waals surface area contributed by atoms with Crippen molar-refractivity contribution < 1.29 is 22.6 Å². The van der Waals surface area contributed by atoms with Crippen molar-refractivity contribution in [1.82, 2.24) is 0 Å². The molecule has 3 fully saturated rings. The van der Waals surface area contributed by atoms with Gasteiger partial charge in [-0.25, -0.2) is 0 Å². The minimum absolute atomic E-state index is 0.00546. The topological polar surface area (TPSA) is 18.5 Å². The van der Waals surface area contributed by atoms with Crippen molar-refractivity contribution in [3.8, 4) is 0 Å². The van der Waals surface area contributed by atoms with Gasteiger partial charge < -0.3 is 9.47 Å². The molecule has 2 aliphatic heterocycles. The first-order chi connectivity index (χ1) is 10.6. The SMILES string of the molecule is C[C@@H]1CCC2CCC[C@@H]3C2[C@@H](O[C@H]1C)O[C@@](Br)(C(F)(F)F)[C@@H]3C. The van der Waals surface area contributed by atoms with Crippen LogP contribution < -0.4 is 0 Å². The normalized spacial score (nSPS) is 51.5. The van der Waals surface area contributed by atoms with E-state index in [-0.39, 0.29) is 17.9 Å². The Bertz CT molecular complexity index is 444. The van der Waals surface area contributed by atoms with Crippen LogP contribution >= 0.6 is 15.9 Å². The Morgan fingerprint density at radius 3 is 2.39 bits per heavy atom. The van der Waals surface area contributed by atoms with E-state index in [0.717, 1.165) is 32.1 Å². The monoisotopic (exact) mass is 398 g/mol. The first-order valence-corrected chi connectivity index (χ1v) is 9.53. The third kappa shape index (κ3) is 2.97. The number of hydrogen-bond donors (Lipinski definition) is 0. The highest BCUT2D eigenvalue weighted by Crippen LogP contribution is 2.58. The Labute approximate surface area is 144 Å². The van der Waals surface area contributed by atoms with Crippen molar-refractivity contribution in [3.63, 3.8) is 0 Å². The molecule has 0 amide bonds. The highest BCUT2D eigenvalue weighted by atomic mass is 79.9. The molecule has 6 heteroatoms. The summed E-state index contributed by atoms with van der Waals surface area (Å²) in [6, 6.07) is 0. The van der Waals surface area contributed by atoms with Crippen LogP contribution in [-0.2, 0) is 9.47 Å². The maximum absolute atomic E-state index is 13.7. The molecular weight excluding hydrogens is 373 g/mol. The van der Waals surface area contributed by atoms with Gasteiger partial charge in [-0.1, -0.05) is 20.3 Å². The van der Waals surface area contributed by atoms with Gasteiger partial charge in [-0.05, 0) is 66.3 Å². The molecule has 0 bridgehead atoms. The van der Waals surface area contributed by atoms with E-state index in [9.17, 15) is 13.2 Å². The summed E-state index contributed by atoms with van der Waals surface area (Å²) in [5.41, 5.74) is 0. The summed E-state index contributed by atoms with van der Waals surface area (Å²) in [7, 11) is 0. The lowest BCUT2D eigenvalue weighted by Gasteiger charge is -2.56. The van der Waals surface area contributed by atoms with Crippen molar-refractivity contribution in [2.24, 2.45) is 29.6 Å². The van der Waals surface area contributed by atoms with Gasteiger partial charge in [0.25, 0.3) is 0 Å². The minimum atomic E-state index is -4.45. The van der Waals surface area contributed by atoms with Gasteiger partial charge in [-0.15, -0.1) is 0 Å². The maximum Gasteiger partial charge on any atom is 0.427 e. The summed E-state index contributed by atoms with van der Waals surface area (Å²) >= 11 is 2.92. The molecule has 23 heavy (non-hydrogen) atoms.